The molecule has 2 heterocycles. The lowest BCUT2D eigenvalue weighted by molar-refractivity contribution is -0.132. The summed E-state index contributed by atoms with van der Waals surface area (Å²) in [5.74, 6) is -1.06. The van der Waals surface area contributed by atoms with E-state index < -0.39 is 12.1 Å². The molecular weight excluding hydrogens is 360 g/mol. The lowest BCUT2D eigenvalue weighted by Crippen LogP contribution is -2.28. The van der Waals surface area contributed by atoms with Crippen molar-refractivity contribution < 1.29 is 14.6 Å². The van der Waals surface area contributed by atoms with Gasteiger partial charge in [-0.25, -0.2) is 9.78 Å². The highest BCUT2D eigenvalue weighted by atomic mass is 32.1. The minimum absolute atomic E-state index is 0.0754. The fourth-order valence-electron chi connectivity index (χ4n) is 3.02. The summed E-state index contributed by atoms with van der Waals surface area (Å²) in [5, 5.41) is 9.58. The second-order valence-electron chi connectivity index (χ2n) is 6.14. The maximum atomic E-state index is 11.7. The Labute approximate surface area is 161 Å². The van der Waals surface area contributed by atoms with Crippen molar-refractivity contribution in [1.82, 2.24) is 9.38 Å². The monoisotopic (exact) mass is 376 g/mol. The molecule has 0 aliphatic heterocycles. The fourth-order valence-corrected chi connectivity index (χ4v) is 3.31. The zero-order valence-electron chi connectivity index (χ0n) is 14.3. The summed E-state index contributed by atoms with van der Waals surface area (Å²) < 4.78 is 7.86. The van der Waals surface area contributed by atoms with Gasteiger partial charge in [-0.3, -0.25) is 4.40 Å². The van der Waals surface area contributed by atoms with Crippen LogP contribution in [0.5, 0.6) is 0 Å². The van der Waals surface area contributed by atoms with E-state index in [1.807, 2.05) is 65.2 Å². The zero-order valence-corrected chi connectivity index (χ0v) is 15.1. The molecule has 134 valence electrons. The Morgan fingerprint density at radius 3 is 2.74 bits per heavy atom. The van der Waals surface area contributed by atoms with Crippen LogP contribution in [-0.4, -0.2) is 31.4 Å². The van der Waals surface area contributed by atoms with Crippen molar-refractivity contribution >= 4 is 34.3 Å². The van der Waals surface area contributed by atoms with Gasteiger partial charge in [0.2, 0.25) is 0 Å². The Morgan fingerprint density at radius 2 is 1.96 bits per heavy atom. The molecule has 1 unspecified atom stereocenters. The van der Waals surface area contributed by atoms with E-state index in [0.29, 0.717) is 6.61 Å². The smallest absolute Gasteiger partial charge is 0.336 e. The molecule has 0 saturated heterocycles. The largest absolute Gasteiger partial charge is 0.478 e. The number of fused-ring (bicyclic) bond motifs is 1. The van der Waals surface area contributed by atoms with E-state index >= 15 is 0 Å². The molecular formula is C21H16N2O3S. The number of aromatic nitrogens is 2. The molecule has 6 heteroatoms. The molecule has 1 atom stereocenters. The van der Waals surface area contributed by atoms with E-state index in [1.165, 1.54) is 0 Å². The van der Waals surface area contributed by atoms with E-state index in [1.54, 1.807) is 12.3 Å². The minimum Gasteiger partial charge on any atom is -0.478 e. The standard InChI is InChI=1S/C21H16N2O3S/c24-21(25)16-10-15(17-12-22-19-8-4-5-9-23(17)19)11-18(20(16)27)26-13-14-6-2-1-3-7-14/h1-12,18H,13H2,(H,24,25). The predicted octanol–water partition coefficient (Wildman–Crippen LogP) is 3.70. The van der Waals surface area contributed by atoms with Gasteiger partial charge in [-0.1, -0.05) is 48.6 Å². The highest BCUT2D eigenvalue weighted by Crippen LogP contribution is 2.27. The molecule has 0 amide bonds. The molecule has 3 aromatic rings. The number of ether oxygens (including phenoxy) is 1. The van der Waals surface area contributed by atoms with Gasteiger partial charge in [0.25, 0.3) is 0 Å². The van der Waals surface area contributed by atoms with Gasteiger partial charge < -0.3 is 9.84 Å². The predicted molar refractivity (Wildman–Crippen MR) is 107 cm³/mol. The molecule has 0 bridgehead atoms. The molecule has 1 aromatic carbocycles. The number of thiocarbonyl (C=S) groups is 1. The summed E-state index contributed by atoms with van der Waals surface area (Å²) in [6.07, 6.45) is 6.46. The van der Waals surface area contributed by atoms with Crippen molar-refractivity contribution in [3.05, 3.63) is 89.9 Å². The van der Waals surface area contributed by atoms with E-state index in [-0.39, 0.29) is 10.4 Å². The van der Waals surface area contributed by atoms with Crippen LogP contribution in [0.15, 0.2) is 78.6 Å². The number of carboxylic acids is 1. The summed E-state index contributed by atoms with van der Waals surface area (Å²) in [5.41, 5.74) is 3.37. The van der Waals surface area contributed by atoms with E-state index in [2.05, 4.69) is 4.98 Å². The van der Waals surface area contributed by atoms with E-state index in [0.717, 1.165) is 22.5 Å². The summed E-state index contributed by atoms with van der Waals surface area (Å²) in [6, 6.07) is 15.4. The van der Waals surface area contributed by atoms with Crippen LogP contribution in [0, 0.1) is 0 Å². The summed E-state index contributed by atoms with van der Waals surface area (Å²) in [4.78, 5) is 16.3. The van der Waals surface area contributed by atoms with Crippen LogP contribution in [0.2, 0.25) is 0 Å². The molecule has 1 aliphatic rings. The number of carboxylic acid groups (broad SMARTS) is 1. The van der Waals surface area contributed by atoms with Crippen molar-refractivity contribution in [1.29, 1.82) is 0 Å². The number of allylic oxidation sites excluding steroid dienone is 2. The number of rotatable bonds is 5. The van der Waals surface area contributed by atoms with Gasteiger partial charge in [-0.15, -0.1) is 0 Å². The van der Waals surface area contributed by atoms with Gasteiger partial charge in [-0.2, -0.15) is 0 Å². The Bertz CT molecular complexity index is 1080. The third-order valence-corrected chi connectivity index (χ3v) is 4.82. The first-order valence-electron chi connectivity index (χ1n) is 8.42. The van der Waals surface area contributed by atoms with Crippen molar-refractivity contribution in [3.8, 4) is 0 Å². The second kappa shape index (κ2) is 7.26. The molecule has 0 fully saturated rings. The number of benzene rings is 1. The van der Waals surface area contributed by atoms with Crippen LogP contribution in [0.4, 0.5) is 0 Å². The first-order chi connectivity index (χ1) is 13.1. The van der Waals surface area contributed by atoms with Crippen molar-refractivity contribution in [2.24, 2.45) is 0 Å². The maximum absolute atomic E-state index is 11.7. The van der Waals surface area contributed by atoms with Gasteiger partial charge in [-0.05, 0) is 35.4 Å². The molecule has 5 nitrogen and oxygen atoms in total. The number of carbonyl (C=O) groups is 1. The number of imidazole rings is 1. The first kappa shape index (κ1) is 17.3. The number of aliphatic carboxylic acids is 1. The van der Waals surface area contributed by atoms with E-state index in [9.17, 15) is 9.90 Å². The van der Waals surface area contributed by atoms with Gasteiger partial charge in [0.15, 0.2) is 0 Å². The summed E-state index contributed by atoms with van der Waals surface area (Å²) in [6.45, 7) is 0.343. The molecule has 0 saturated carbocycles. The summed E-state index contributed by atoms with van der Waals surface area (Å²) >= 11 is 5.38. The number of hydrogen-bond donors (Lipinski definition) is 1. The van der Waals surface area contributed by atoms with Crippen molar-refractivity contribution in [2.45, 2.75) is 12.7 Å². The van der Waals surface area contributed by atoms with Crippen LogP contribution >= 0.6 is 12.2 Å². The molecule has 0 radical (unpaired) electrons. The lowest BCUT2D eigenvalue weighted by Gasteiger charge is -2.22. The average molecular weight is 376 g/mol. The molecule has 27 heavy (non-hydrogen) atoms. The highest BCUT2D eigenvalue weighted by molar-refractivity contribution is 7.81. The minimum atomic E-state index is -1.06. The third-order valence-electron chi connectivity index (χ3n) is 4.37. The topological polar surface area (TPSA) is 63.8 Å². The number of pyridine rings is 1. The Hall–Kier alpha value is -3.09. The van der Waals surface area contributed by atoms with Crippen LogP contribution in [0.1, 0.15) is 11.3 Å². The molecule has 0 spiro atoms. The fraction of sp³-hybridized carbons (Fsp3) is 0.0952. The van der Waals surface area contributed by atoms with Crippen LogP contribution in [-0.2, 0) is 16.1 Å². The molecule has 1 aliphatic carbocycles. The van der Waals surface area contributed by atoms with Crippen molar-refractivity contribution in [3.63, 3.8) is 0 Å². The normalized spacial score (nSPS) is 16.9. The van der Waals surface area contributed by atoms with Gasteiger partial charge in [0.05, 0.1) is 28.9 Å². The number of hydrogen-bond acceptors (Lipinski definition) is 4. The summed E-state index contributed by atoms with van der Waals surface area (Å²) in [7, 11) is 0. The number of nitrogens with zero attached hydrogens (tertiary/aromatic N) is 2. The van der Waals surface area contributed by atoms with Gasteiger partial charge >= 0.3 is 5.97 Å². The van der Waals surface area contributed by atoms with Crippen LogP contribution in [0.25, 0.3) is 11.2 Å². The average Bonchev–Trinajstić information content (AvgIpc) is 3.12. The van der Waals surface area contributed by atoms with Gasteiger partial charge in [0.1, 0.15) is 11.8 Å². The van der Waals surface area contributed by atoms with Gasteiger partial charge in [0, 0.05) is 6.20 Å². The van der Waals surface area contributed by atoms with Crippen LogP contribution < -0.4 is 0 Å². The highest BCUT2D eigenvalue weighted by Gasteiger charge is 2.27. The SMILES string of the molecule is O=C(O)C1=CC(c2cnc3ccccn23)=CC(OCc2ccccc2)C1=S. The Kier molecular flexibility index (Phi) is 4.66. The molecule has 2 aromatic heterocycles. The Morgan fingerprint density at radius 1 is 1.19 bits per heavy atom. The molecule has 4 rings (SSSR count). The van der Waals surface area contributed by atoms with Crippen molar-refractivity contribution in [2.75, 3.05) is 0 Å². The quantitative estimate of drug-likeness (QED) is 0.688. The Balaban J connectivity index is 1.70. The molecule has 1 N–H and O–H groups in total. The van der Waals surface area contributed by atoms with Crippen LogP contribution in [0.3, 0.4) is 0 Å². The first-order valence-corrected chi connectivity index (χ1v) is 8.83. The second-order valence-corrected chi connectivity index (χ2v) is 6.58. The third kappa shape index (κ3) is 3.45. The maximum Gasteiger partial charge on any atom is 0.336 e. The lowest BCUT2D eigenvalue weighted by atomic mass is 9.95. The zero-order chi connectivity index (χ0) is 18.8. The van der Waals surface area contributed by atoms with E-state index in [4.69, 9.17) is 17.0 Å².